The maximum atomic E-state index is 12.7. The Bertz CT molecular complexity index is 906. The summed E-state index contributed by atoms with van der Waals surface area (Å²) in [6.07, 6.45) is 3.68. The monoisotopic (exact) mass is 428 g/mol. The number of nitrogens with zero attached hydrogens (tertiary/aromatic N) is 5. The molecule has 2 amide bonds. The summed E-state index contributed by atoms with van der Waals surface area (Å²) < 4.78 is 0. The highest BCUT2D eigenvalue weighted by atomic mass is 35.5. The molecule has 0 saturated carbocycles. The number of urea groups is 1. The Morgan fingerprint density at radius 2 is 1.67 bits per heavy atom. The van der Waals surface area contributed by atoms with Crippen molar-refractivity contribution >= 4 is 35.1 Å². The average Bonchev–Trinajstić information content (AvgIpc) is 2.76. The number of benzene rings is 1. The van der Waals surface area contributed by atoms with Crippen molar-refractivity contribution in [2.24, 2.45) is 0 Å². The van der Waals surface area contributed by atoms with Crippen molar-refractivity contribution in [1.29, 1.82) is 0 Å². The number of anilines is 3. The zero-order valence-electron chi connectivity index (χ0n) is 17.7. The number of aromatic nitrogens is 2. The summed E-state index contributed by atoms with van der Waals surface area (Å²) in [6.45, 7) is 8.80. The number of hydrogen-bond acceptors (Lipinski definition) is 5. The molecule has 3 heterocycles. The molecule has 2 fully saturated rings. The van der Waals surface area contributed by atoms with Crippen molar-refractivity contribution in [3.05, 3.63) is 40.5 Å². The van der Waals surface area contributed by atoms with Crippen LogP contribution in [0.5, 0.6) is 0 Å². The summed E-state index contributed by atoms with van der Waals surface area (Å²) in [5, 5.41) is 3.49. The maximum Gasteiger partial charge on any atom is 0.322 e. The van der Waals surface area contributed by atoms with Crippen LogP contribution >= 0.6 is 11.6 Å². The molecule has 2 aromatic rings. The number of aryl methyl sites for hydroxylation is 2. The minimum Gasteiger partial charge on any atom is -0.353 e. The topological polar surface area (TPSA) is 64.6 Å². The molecular weight excluding hydrogens is 400 g/mol. The number of carbonyl (C=O) groups is 1. The first-order valence-corrected chi connectivity index (χ1v) is 11.0. The smallest absolute Gasteiger partial charge is 0.322 e. The summed E-state index contributed by atoms with van der Waals surface area (Å²) in [7, 11) is 0. The predicted octanol–water partition coefficient (Wildman–Crippen LogP) is 4.09. The van der Waals surface area contributed by atoms with E-state index in [1.165, 1.54) is 19.3 Å². The first-order valence-electron chi connectivity index (χ1n) is 10.7. The molecule has 30 heavy (non-hydrogen) atoms. The molecule has 2 aliphatic heterocycles. The summed E-state index contributed by atoms with van der Waals surface area (Å²) in [5.74, 6) is 1.78. The summed E-state index contributed by atoms with van der Waals surface area (Å²) in [5.41, 5.74) is 2.69. The van der Waals surface area contributed by atoms with E-state index in [4.69, 9.17) is 16.6 Å². The van der Waals surface area contributed by atoms with Gasteiger partial charge >= 0.3 is 6.03 Å². The van der Waals surface area contributed by atoms with Gasteiger partial charge in [0.1, 0.15) is 5.82 Å². The lowest BCUT2D eigenvalue weighted by Gasteiger charge is -2.36. The second-order valence-electron chi connectivity index (χ2n) is 8.10. The lowest BCUT2D eigenvalue weighted by atomic mass is 10.1. The number of nitrogens with one attached hydrogen (secondary N) is 1. The van der Waals surface area contributed by atoms with Gasteiger partial charge in [-0.1, -0.05) is 17.7 Å². The zero-order valence-corrected chi connectivity index (χ0v) is 18.5. The molecule has 0 radical (unpaired) electrons. The quantitative estimate of drug-likeness (QED) is 0.797. The third-order valence-electron chi connectivity index (χ3n) is 5.72. The molecule has 7 nitrogen and oxygen atoms in total. The average molecular weight is 429 g/mol. The van der Waals surface area contributed by atoms with E-state index in [1.807, 2.05) is 43.0 Å². The van der Waals surface area contributed by atoms with E-state index < -0.39 is 0 Å². The second kappa shape index (κ2) is 9.08. The van der Waals surface area contributed by atoms with Gasteiger partial charge in [0.05, 0.1) is 10.7 Å². The first-order chi connectivity index (χ1) is 14.5. The Kier molecular flexibility index (Phi) is 6.27. The van der Waals surface area contributed by atoms with Gasteiger partial charge < -0.3 is 20.0 Å². The fourth-order valence-corrected chi connectivity index (χ4v) is 4.27. The number of piperazine rings is 1. The highest BCUT2D eigenvalue weighted by molar-refractivity contribution is 6.33. The van der Waals surface area contributed by atoms with Gasteiger partial charge in [0.2, 0.25) is 5.95 Å². The number of piperidine rings is 1. The Labute approximate surface area is 183 Å². The Morgan fingerprint density at radius 1 is 0.933 bits per heavy atom. The number of carbonyl (C=O) groups excluding carboxylic acids is 1. The fraction of sp³-hybridized carbons (Fsp3) is 0.500. The van der Waals surface area contributed by atoms with Crippen molar-refractivity contribution in [2.45, 2.75) is 33.1 Å². The number of amides is 2. The Balaban J connectivity index is 1.38. The maximum absolute atomic E-state index is 12.7. The molecule has 0 atom stereocenters. The lowest BCUT2D eigenvalue weighted by molar-refractivity contribution is 0.208. The second-order valence-corrected chi connectivity index (χ2v) is 8.51. The molecule has 2 aliphatic rings. The van der Waals surface area contributed by atoms with E-state index in [9.17, 15) is 4.79 Å². The Morgan fingerprint density at radius 3 is 2.37 bits per heavy atom. The molecule has 0 unspecified atom stereocenters. The number of rotatable bonds is 3. The van der Waals surface area contributed by atoms with Crippen LogP contribution in [0.2, 0.25) is 5.02 Å². The van der Waals surface area contributed by atoms with Gasteiger partial charge in [0.15, 0.2) is 0 Å². The van der Waals surface area contributed by atoms with E-state index in [-0.39, 0.29) is 6.03 Å². The van der Waals surface area contributed by atoms with E-state index in [1.54, 1.807) is 0 Å². The van der Waals surface area contributed by atoms with Crippen LogP contribution < -0.4 is 15.1 Å². The molecular formula is C22H29ClN6O. The molecule has 8 heteroatoms. The third-order valence-corrected chi connectivity index (χ3v) is 6.04. The van der Waals surface area contributed by atoms with E-state index in [0.717, 1.165) is 49.2 Å². The minimum atomic E-state index is -0.117. The van der Waals surface area contributed by atoms with Crippen LogP contribution in [0.3, 0.4) is 0 Å². The van der Waals surface area contributed by atoms with Crippen LogP contribution in [-0.4, -0.2) is 60.2 Å². The van der Waals surface area contributed by atoms with Crippen LogP contribution in [0.15, 0.2) is 24.3 Å². The molecule has 0 spiro atoms. The molecule has 4 rings (SSSR count). The van der Waals surface area contributed by atoms with Crippen LogP contribution in [0.4, 0.5) is 22.2 Å². The van der Waals surface area contributed by atoms with E-state index >= 15 is 0 Å². The zero-order chi connectivity index (χ0) is 21.1. The highest BCUT2D eigenvalue weighted by Gasteiger charge is 2.24. The van der Waals surface area contributed by atoms with Gasteiger partial charge in [-0.25, -0.2) is 9.78 Å². The predicted molar refractivity (Wildman–Crippen MR) is 122 cm³/mol. The highest BCUT2D eigenvalue weighted by Crippen LogP contribution is 2.24. The third kappa shape index (κ3) is 4.78. The van der Waals surface area contributed by atoms with Gasteiger partial charge in [-0.15, -0.1) is 0 Å². The van der Waals surface area contributed by atoms with Crippen molar-refractivity contribution in [3.63, 3.8) is 0 Å². The summed E-state index contributed by atoms with van der Waals surface area (Å²) >= 11 is 6.25. The molecule has 1 N–H and O–H groups in total. The van der Waals surface area contributed by atoms with Crippen molar-refractivity contribution in [1.82, 2.24) is 14.9 Å². The van der Waals surface area contributed by atoms with Gasteiger partial charge in [0, 0.05) is 51.0 Å². The van der Waals surface area contributed by atoms with Gasteiger partial charge in [-0.2, -0.15) is 4.98 Å². The van der Waals surface area contributed by atoms with Crippen LogP contribution in [-0.2, 0) is 0 Å². The standard InChI is InChI=1S/C22H29ClN6O/c1-16-6-7-19(18(23)14-16)25-22(30)29-12-10-27(11-13-29)20-15-17(2)24-21(26-20)28-8-4-3-5-9-28/h6-7,14-15H,3-5,8-13H2,1-2H3,(H,25,30). The molecule has 0 aliphatic carbocycles. The number of hydrogen-bond donors (Lipinski definition) is 1. The Hall–Kier alpha value is -2.54. The lowest BCUT2D eigenvalue weighted by Crippen LogP contribution is -2.50. The summed E-state index contributed by atoms with van der Waals surface area (Å²) in [6, 6.07) is 7.56. The van der Waals surface area contributed by atoms with Gasteiger partial charge in [0.25, 0.3) is 0 Å². The molecule has 160 valence electrons. The number of halogens is 1. The van der Waals surface area contributed by atoms with Crippen LogP contribution in [0.1, 0.15) is 30.5 Å². The van der Waals surface area contributed by atoms with E-state index in [0.29, 0.717) is 23.8 Å². The molecule has 1 aromatic heterocycles. The van der Waals surface area contributed by atoms with Crippen LogP contribution in [0.25, 0.3) is 0 Å². The first kappa shape index (κ1) is 20.7. The SMILES string of the molecule is Cc1ccc(NC(=O)N2CCN(c3cc(C)nc(N4CCCCC4)n3)CC2)c(Cl)c1. The minimum absolute atomic E-state index is 0.117. The molecule has 0 bridgehead atoms. The van der Waals surface area contributed by atoms with Crippen molar-refractivity contribution in [2.75, 3.05) is 54.4 Å². The van der Waals surface area contributed by atoms with Gasteiger partial charge in [-0.05, 0) is 50.8 Å². The van der Waals surface area contributed by atoms with Crippen molar-refractivity contribution < 1.29 is 4.79 Å². The fourth-order valence-electron chi connectivity index (χ4n) is 3.99. The van der Waals surface area contributed by atoms with Crippen LogP contribution in [0, 0.1) is 13.8 Å². The largest absolute Gasteiger partial charge is 0.353 e. The van der Waals surface area contributed by atoms with E-state index in [2.05, 4.69) is 20.1 Å². The molecule has 2 saturated heterocycles. The summed E-state index contributed by atoms with van der Waals surface area (Å²) in [4.78, 5) is 28.5. The van der Waals surface area contributed by atoms with Gasteiger partial charge in [-0.3, -0.25) is 0 Å². The van der Waals surface area contributed by atoms with Crippen molar-refractivity contribution in [3.8, 4) is 0 Å². The molecule has 1 aromatic carbocycles. The normalized spacial score (nSPS) is 17.2.